The van der Waals surface area contributed by atoms with Crippen molar-refractivity contribution in [2.45, 2.75) is 18.9 Å². The smallest absolute Gasteiger partial charge is 0.229 e. The zero-order valence-corrected chi connectivity index (χ0v) is 12.0. The van der Waals surface area contributed by atoms with E-state index in [1.165, 1.54) is 11.1 Å². The van der Waals surface area contributed by atoms with Crippen LogP contribution in [0, 0.1) is 0 Å². The fourth-order valence-corrected chi connectivity index (χ4v) is 2.74. The molecule has 3 heterocycles. The summed E-state index contributed by atoms with van der Waals surface area (Å²) in [5.41, 5.74) is 3.26. The van der Waals surface area contributed by atoms with Crippen LogP contribution in [0.2, 0.25) is 0 Å². The van der Waals surface area contributed by atoms with Gasteiger partial charge in [0.15, 0.2) is 0 Å². The number of hydrogen-bond donors (Lipinski definition) is 0. The molecule has 1 aliphatic heterocycles. The second-order valence-corrected chi connectivity index (χ2v) is 5.24. The molecule has 0 spiro atoms. The van der Waals surface area contributed by atoms with E-state index in [-0.39, 0.29) is 6.10 Å². The Morgan fingerprint density at radius 3 is 2.91 bits per heavy atom. The molecule has 5 heteroatoms. The molecule has 1 aromatic carbocycles. The lowest BCUT2D eigenvalue weighted by atomic mass is 9.96. The highest BCUT2D eigenvalue weighted by atomic mass is 16.5. The molecule has 2 aromatic heterocycles. The van der Waals surface area contributed by atoms with E-state index in [1.807, 2.05) is 24.3 Å². The molecule has 3 aromatic rings. The molecule has 22 heavy (non-hydrogen) atoms. The van der Waals surface area contributed by atoms with Crippen molar-refractivity contribution < 1.29 is 9.26 Å². The van der Waals surface area contributed by atoms with E-state index in [0.29, 0.717) is 23.8 Å². The van der Waals surface area contributed by atoms with Gasteiger partial charge in [-0.3, -0.25) is 4.98 Å². The fourth-order valence-electron chi connectivity index (χ4n) is 2.74. The first-order valence-electron chi connectivity index (χ1n) is 7.33. The van der Waals surface area contributed by atoms with Gasteiger partial charge in [0, 0.05) is 6.20 Å². The van der Waals surface area contributed by atoms with Crippen LogP contribution in [0.1, 0.15) is 23.1 Å². The Balaban J connectivity index is 1.57. The van der Waals surface area contributed by atoms with Gasteiger partial charge in [-0.15, -0.1) is 0 Å². The molecule has 0 bridgehead atoms. The maximum atomic E-state index is 5.88. The van der Waals surface area contributed by atoms with Crippen molar-refractivity contribution in [2.24, 2.45) is 0 Å². The van der Waals surface area contributed by atoms with Crippen LogP contribution in [0.25, 0.3) is 11.5 Å². The average Bonchev–Trinajstić information content (AvgIpc) is 3.05. The summed E-state index contributed by atoms with van der Waals surface area (Å²) in [5, 5.41) is 4.00. The number of nitrogens with zero attached hydrogens (tertiary/aromatic N) is 3. The molecule has 5 nitrogen and oxygen atoms in total. The lowest BCUT2D eigenvalue weighted by Crippen LogP contribution is -2.18. The predicted octanol–water partition coefficient (Wildman–Crippen LogP) is 2.99. The Labute approximate surface area is 128 Å². The monoisotopic (exact) mass is 293 g/mol. The minimum absolute atomic E-state index is 0.0259. The molecular weight excluding hydrogens is 278 g/mol. The van der Waals surface area contributed by atoms with Crippen molar-refractivity contribution in [2.75, 3.05) is 6.61 Å². The molecule has 0 fully saturated rings. The largest absolute Gasteiger partial charge is 0.373 e. The van der Waals surface area contributed by atoms with Crippen molar-refractivity contribution in [3.63, 3.8) is 0 Å². The first-order chi connectivity index (χ1) is 10.9. The minimum Gasteiger partial charge on any atom is -0.373 e. The SMILES string of the molecule is c1ccc(-c2noc(C[C@@H]3OCCc4ccccc43)n2)nc1. The second kappa shape index (κ2) is 5.69. The van der Waals surface area contributed by atoms with Gasteiger partial charge >= 0.3 is 0 Å². The van der Waals surface area contributed by atoms with Gasteiger partial charge in [-0.25, -0.2) is 0 Å². The molecule has 1 atom stereocenters. The summed E-state index contributed by atoms with van der Waals surface area (Å²) in [6.07, 6.45) is 3.22. The van der Waals surface area contributed by atoms with Crippen molar-refractivity contribution in [1.82, 2.24) is 15.1 Å². The summed E-state index contributed by atoms with van der Waals surface area (Å²) in [6, 6.07) is 14.0. The Hall–Kier alpha value is -2.53. The van der Waals surface area contributed by atoms with Crippen LogP contribution >= 0.6 is 0 Å². The number of fused-ring (bicyclic) bond motifs is 1. The van der Waals surface area contributed by atoms with Gasteiger partial charge in [-0.2, -0.15) is 4.98 Å². The summed E-state index contributed by atoms with van der Waals surface area (Å²) >= 11 is 0. The van der Waals surface area contributed by atoms with Gasteiger partial charge in [-0.1, -0.05) is 35.5 Å². The van der Waals surface area contributed by atoms with Crippen LogP contribution in [-0.4, -0.2) is 21.7 Å². The standard InChI is InChI=1S/C17H15N3O2/c1-2-6-13-12(5-1)8-10-21-15(13)11-16-19-17(20-22-16)14-7-3-4-9-18-14/h1-7,9,15H,8,10-11H2/t15-/m0/s1. The zero-order chi connectivity index (χ0) is 14.8. The second-order valence-electron chi connectivity index (χ2n) is 5.24. The number of benzene rings is 1. The van der Waals surface area contributed by atoms with E-state index >= 15 is 0 Å². The van der Waals surface area contributed by atoms with Gasteiger partial charge in [0.25, 0.3) is 0 Å². The topological polar surface area (TPSA) is 61.0 Å². The summed E-state index contributed by atoms with van der Waals surface area (Å²) < 4.78 is 11.2. The van der Waals surface area contributed by atoms with Crippen molar-refractivity contribution in [3.05, 3.63) is 65.7 Å². The molecule has 0 aliphatic carbocycles. The molecule has 0 amide bonds. The quantitative estimate of drug-likeness (QED) is 0.743. The minimum atomic E-state index is -0.0259. The lowest BCUT2D eigenvalue weighted by molar-refractivity contribution is 0.0375. The molecule has 0 N–H and O–H groups in total. The molecule has 1 aliphatic rings. The maximum Gasteiger partial charge on any atom is 0.229 e. The van der Waals surface area contributed by atoms with E-state index < -0.39 is 0 Å². The lowest BCUT2D eigenvalue weighted by Gasteiger charge is -2.24. The van der Waals surface area contributed by atoms with Crippen LogP contribution in [0.3, 0.4) is 0 Å². The van der Waals surface area contributed by atoms with Crippen LogP contribution in [-0.2, 0) is 17.6 Å². The van der Waals surface area contributed by atoms with Gasteiger partial charge in [0.1, 0.15) is 5.69 Å². The van der Waals surface area contributed by atoms with Crippen LogP contribution in [0.15, 0.2) is 53.2 Å². The Bertz CT molecular complexity index is 770. The number of aromatic nitrogens is 3. The third-order valence-electron chi connectivity index (χ3n) is 3.81. The van der Waals surface area contributed by atoms with E-state index in [2.05, 4.69) is 33.3 Å². The highest BCUT2D eigenvalue weighted by Crippen LogP contribution is 2.29. The summed E-state index contributed by atoms with van der Waals surface area (Å²) in [6.45, 7) is 0.725. The number of rotatable bonds is 3. The number of ether oxygens (including phenoxy) is 1. The summed E-state index contributed by atoms with van der Waals surface area (Å²) in [5.74, 6) is 1.09. The molecule has 0 saturated heterocycles. The fraction of sp³-hybridized carbons (Fsp3) is 0.235. The third-order valence-corrected chi connectivity index (χ3v) is 3.81. The first-order valence-corrected chi connectivity index (χ1v) is 7.33. The summed E-state index contributed by atoms with van der Waals surface area (Å²) in [7, 11) is 0. The van der Waals surface area contributed by atoms with Crippen LogP contribution in [0.5, 0.6) is 0 Å². The van der Waals surface area contributed by atoms with Gasteiger partial charge < -0.3 is 9.26 Å². The van der Waals surface area contributed by atoms with Crippen molar-refractivity contribution >= 4 is 0 Å². The Morgan fingerprint density at radius 2 is 2.00 bits per heavy atom. The molecule has 0 radical (unpaired) electrons. The van der Waals surface area contributed by atoms with E-state index in [9.17, 15) is 0 Å². The first kappa shape index (κ1) is 13.2. The number of hydrogen-bond acceptors (Lipinski definition) is 5. The Morgan fingerprint density at radius 1 is 1.09 bits per heavy atom. The highest BCUT2D eigenvalue weighted by molar-refractivity contribution is 5.47. The zero-order valence-electron chi connectivity index (χ0n) is 12.0. The van der Waals surface area contributed by atoms with Crippen LogP contribution in [0.4, 0.5) is 0 Å². The molecule has 110 valence electrons. The molecule has 0 saturated carbocycles. The third kappa shape index (κ3) is 2.51. The Kier molecular flexibility index (Phi) is 3.40. The predicted molar refractivity (Wildman–Crippen MR) is 80.1 cm³/mol. The molecule has 0 unspecified atom stereocenters. The maximum absolute atomic E-state index is 5.88. The van der Waals surface area contributed by atoms with Gasteiger partial charge in [0.05, 0.1) is 19.1 Å². The van der Waals surface area contributed by atoms with Crippen molar-refractivity contribution in [1.29, 1.82) is 0 Å². The molecule has 4 rings (SSSR count). The normalized spacial score (nSPS) is 17.2. The van der Waals surface area contributed by atoms with Crippen molar-refractivity contribution in [3.8, 4) is 11.5 Å². The van der Waals surface area contributed by atoms with E-state index in [4.69, 9.17) is 9.26 Å². The van der Waals surface area contributed by atoms with Gasteiger partial charge in [0.2, 0.25) is 11.7 Å². The van der Waals surface area contributed by atoms with Gasteiger partial charge in [-0.05, 0) is 29.7 Å². The van der Waals surface area contributed by atoms with E-state index in [0.717, 1.165) is 13.0 Å². The van der Waals surface area contributed by atoms with E-state index in [1.54, 1.807) is 6.20 Å². The summed E-state index contributed by atoms with van der Waals surface area (Å²) in [4.78, 5) is 8.66. The average molecular weight is 293 g/mol. The number of pyridine rings is 1. The highest BCUT2D eigenvalue weighted by Gasteiger charge is 2.23. The van der Waals surface area contributed by atoms with Crippen LogP contribution < -0.4 is 0 Å². The molecular formula is C17H15N3O2.